The van der Waals surface area contributed by atoms with E-state index in [2.05, 4.69) is 4.98 Å². The molecule has 1 aliphatic heterocycles. The minimum atomic E-state index is -0.867. The van der Waals surface area contributed by atoms with E-state index in [-0.39, 0.29) is 13.0 Å². The summed E-state index contributed by atoms with van der Waals surface area (Å²) in [6.45, 7) is 1.49. The summed E-state index contributed by atoms with van der Waals surface area (Å²) < 4.78 is 18.2. The Morgan fingerprint density at radius 3 is 2.76 bits per heavy atom. The zero-order chi connectivity index (χ0) is 14.8. The third-order valence-electron chi connectivity index (χ3n) is 3.31. The van der Waals surface area contributed by atoms with Crippen molar-refractivity contribution >= 4 is 17.0 Å². The molecule has 0 unspecified atom stereocenters. The highest BCUT2D eigenvalue weighted by molar-refractivity contribution is 5.81. The summed E-state index contributed by atoms with van der Waals surface area (Å²) in [5.41, 5.74) is 1.47. The Morgan fingerprint density at radius 1 is 1.38 bits per heavy atom. The third-order valence-corrected chi connectivity index (χ3v) is 3.31. The van der Waals surface area contributed by atoms with Gasteiger partial charge in [0.1, 0.15) is 0 Å². The van der Waals surface area contributed by atoms with Crippen LogP contribution in [0.5, 0.6) is 17.5 Å². The van der Waals surface area contributed by atoms with E-state index in [1.54, 1.807) is 10.6 Å². The van der Waals surface area contributed by atoms with Gasteiger partial charge in [-0.25, -0.2) is 0 Å². The largest absolute Gasteiger partial charge is 0.489 e. The molecule has 0 saturated carbocycles. The van der Waals surface area contributed by atoms with Crippen molar-refractivity contribution in [3.8, 4) is 17.5 Å². The summed E-state index contributed by atoms with van der Waals surface area (Å²) in [4.78, 5) is 15.1. The fourth-order valence-corrected chi connectivity index (χ4v) is 2.34. The average Bonchev–Trinajstić information content (AvgIpc) is 2.64. The Bertz CT molecular complexity index is 680. The van der Waals surface area contributed by atoms with Crippen LogP contribution in [0, 0.1) is 0 Å². The quantitative estimate of drug-likeness (QED) is 0.923. The number of hydrogen-bond donors (Lipinski definition) is 1. The molecule has 7 nitrogen and oxygen atoms in total. The van der Waals surface area contributed by atoms with Crippen molar-refractivity contribution in [3.63, 3.8) is 0 Å². The van der Waals surface area contributed by atoms with E-state index in [1.165, 1.54) is 7.11 Å². The Morgan fingerprint density at radius 2 is 2.10 bits per heavy atom. The van der Waals surface area contributed by atoms with E-state index in [4.69, 9.17) is 19.3 Å². The van der Waals surface area contributed by atoms with Gasteiger partial charge in [-0.2, -0.15) is 4.98 Å². The van der Waals surface area contributed by atoms with Gasteiger partial charge in [0, 0.05) is 25.1 Å². The molecule has 0 radical (unpaired) electrons. The van der Waals surface area contributed by atoms with Crippen molar-refractivity contribution < 1.29 is 24.1 Å². The van der Waals surface area contributed by atoms with Crippen molar-refractivity contribution in [2.45, 2.75) is 19.4 Å². The lowest BCUT2D eigenvalue weighted by atomic mass is 10.2. The zero-order valence-electron chi connectivity index (χ0n) is 11.7. The number of carboxylic acids is 1. The fourth-order valence-electron chi connectivity index (χ4n) is 2.34. The van der Waals surface area contributed by atoms with Crippen LogP contribution in [0.25, 0.3) is 11.0 Å². The maximum atomic E-state index is 10.8. The van der Waals surface area contributed by atoms with Crippen LogP contribution < -0.4 is 14.2 Å². The van der Waals surface area contributed by atoms with E-state index < -0.39 is 5.97 Å². The predicted molar refractivity (Wildman–Crippen MR) is 74.1 cm³/mol. The second-order valence-electron chi connectivity index (χ2n) is 4.73. The Kier molecular flexibility index (Phi) is 3.55. The smallest absolute Gasteiger partial charge is 0.305 e. The van der Waals surface area contributed by atoms with Gasteiger partial charge in [-0.15, -0.1) is 0 Å². The molecule has 0 fully saturated rings. The predicted octanol–water partition coefficient (Wildman–Crippen LogP) is 1.68. The van der Waals surface area contributed by atoms with Crippen LogP contribution >= 0.6 is 0 Å². The number of benzene rings is 1. The van der Waals surface area contributed by atoms with E-state index >= 15 is 0 Å². The summed E-state index contributed by atoms with van der Waals surface area (Å²) in [7, 11) is 1.51. The molecule has 2 heterocycles. The highest BCUT2D eigenvalue weighted by atomic mass is 16.5. The lowest BCUT2D eigenvalue weighted by Crippen LogP contribution is -2.06. The second kappa shape index (κ2) is 5.51. The lowest BCUT2D eigenvalue weighted by molar-refractivity contribution is -0.137. The van der Waals surface area contributed by atoms with Gasteiger partial charge in [-0.05, 0) is 0 Å². The Hall–Kier alpha value is -2.44. The molecule has 1 N–H and O–H groups in total. The van der Waals surface area contributed by atoms with Gasteiger partial charge in [-0.1, -0.05) is 0 Å². The second-order valence-corrected chi connectivity index (χ2v) is 4.73. The number of fused-ring (bicyclic) bond motifs is 2. The lowest BCUT2D eigenvalue weighted by Gasteiger charge is -2.09. The molecule has 0 aliphatic carbocycles. The van der Waals surface area contributed by atoms with Gasteiger partial charge < -0.3 is 19.3 Å². The number of carboxylic acid groups (broad SMARTS) is 1. The van der Waals surface area contributed by atoms with Crippen molar-refractivity contribution in [3.05, 3.63) is 12.1 Å². The molecule has 0 atom stereocenters. The van der Waals surface area contributed by atoms with Crippen molar-refractivity contribution in [1.29, 1.82) is 0 Å². The highest BCUT2D eigenvalue weighted by Crippen LogP contribution is 2.35. The summed E-state index contributed by atoms with van der Waals surface area (Å²) >= 11 is 0. The number of carbonyl (C=O) groups is 1. The van der Waals surface area contributed by atoms with Gasteiger partial charge in [0.05, 0.1) is 37.8 Å². The molecular weight excluding hydrogens is 276 g/mol. The topological polar surface area (TPSA) is 82.8 Å². The van der Waals surface area contributed by atoms with Crippen LogP contribution in [0.4, 0.5) is 0 Å². The molecule has 0 amide bonds. The summed E-state index contributed by atoms with van der Waals surface area (Å²) in [5.74, 6) is 0.443. The molecular formula is C14H16N2O5. The first-order valence-corrected chi connectivity index (χ1v) is 6.74. The van der Waals surface area contributed by atoms with Crippen LogP contribution in [-0.4, -0.2) is 41.0 Å². The van der Waals surface area contributed by atoms with Gasteiger partial charge >= 0.3 is 5.97 Å². The summed E-state index contributed by atoms with van der Waals surface area (Å²) in [5, 5.41) is 8.86. The number of imidazole rings is 1. The van der Waals surface area contributed by atoms with Crippen molar-refractivity contribution in [2.75, 3.05) is 20.3 Å². The van der Waals surface area contributed by atoms with Crippen LogP contribution in [0.15, 0.2) is 12.1 Å². The van der Waals surface area contributed by atoms with Gasteiger partial charge in [0.25, 0.3) is 6.01 Å². The van der Waals surface area contributed by atoms with Gasteiger partial charge in [0.2, 0.25) is 0 Å². The number of hydrogen-bond acceptors (Lipinski definition) is 5. The minimum absolute atomic E-state index is 0.00371. The number of methoxy groups -OCH3 is 1. The van der Waals surface area contributed by atoms with Crippen molar-refractivity contribution in [2.24, 2.45) is 0 Å². The van der Waals surface area contributed by atoms with Crippen LogP contribution in [0.3, 0.4) is 0 Å². The number of aliphatic carboxylic acids is 1. The Labute approximate surface area is 121 Å². The standard InChI is InChI=1S/C14H16N2O5/c1-19-14-15-9-7-11-12(21-6-2-5-20-11)8-10(9)16(14)4-3-13(17)18/h7-8H,2-6H2,1H3,(H,17,18). The first-order chi connectivity index (χ1) is 10.2. The monoisotopic (exact) mass is 292 g/mol. The van der Waals surface area contributed by atoms with Crippen molar-refractivity contribution in [1.82, 2.24) is 9.55 Å². The Balaban J connectivity index is 2.07. The van der Waals surface area contributed by atoms with Gasteiger partial charge in [-0.3, -0.25) is 9.36 Å². The van der Waals surface area contributed by atoms with Crippen LogP contribution in [0.1, 0.15) is 12.8 Å². The first kappa shape index (κ1) is 13.5. The van der Waals surface area contributed by atoms with E-state index in [0.717, 1.165) is 11.9 Å². The SMILES string of the molecule is COc1nc2cc3c(cc2n1CCC(=O)O)OCCCO3. The maximum absolute atomic E-state index is 10.8. The first-order valence-electron chi connectivity index (χ1n) is 6.74. The maximum Gasteiger partial charge on any atom is 0.305 e. The molecule has 7 heteroatoms. The number of aromatic nitrogens is 2. The minimum Gasteiger partial charge on any atom is -0.489 e. The molecule has 3 rings (SSSR count). The third kappa shape index (κ3) is 2.58. The number of nitrogens with zero attached hydrogens (tertiary/aromatic N) is 2. The number of aryl methyl sites for hydroxylation is 1. The molecule has 1 aromatic heterocycles. The molecule has 0 saturated heterocycles. The van der Waals surface area contributed by atoms with Crippen LogP contribution in [0.2, 0.25) is 0 Å². The number of ether oxygens (including phenoxy) is 3. The van der Waals surface area contributed by atoms with Crippen LogP contribution in [-0.2, 0) is 11.3 Å². The fraction of sp³-hybridized carbons (Fsp3) is 0.429. The zero-order valence-corrected chi connectivity index (χ0v) is 11.7. The summed E-state index contributed by atoms with van der Waals surface area (Å²) in [6.07, 6.45) is 0.824. The molecule has 2 aromatic rings. The van der Waals surface area contributed by atoms with Gasteiger partial charge in [0.15, 0.2) is 11.5 Å². The molecule has 0 bridgehead atoms. The molecule has 112 valence electrons. The normalized spacial score (nSPS) is 14.0. The number of rotatable bonds is 4. The van der Waals surface area contributed by atoms with E-state index in [1.807, 2.05) is 6.07 Å². The van der Waals surface area contributed by atoms with E-state index in [0.29, 0.717) is 36.2 Å². The van der Waals surface area contributed by atoms with E-state index in [9.17, 15) is 4.79 Å². The molecule has 21 heavy (non-hydrogen) atoms. The molecule has 1 aliphatic rings. The average molecular weight is 292 g/mol. The summed E-state index contributed by atoms with van der Waals surface area (Å²) in [6, 6.07) is 4.01. The highest BCUT2D eigenvalue weighted by Gasteiger charge is 2.18. The molecule has 0 spiro atoms. The molecule has 1 aromatic carbocycles.